The molecule has 1 saturated heterocycles. The number of amides is 1. The average molecular weight is 483 g/mol. The van der Waals surface area contributed by atoms with Gasteiger partial charge in [0.25, 0.3) is 5.91 Å². The van der Waals surface area contributed by atoms with Crippen LogP contribution in [0.1, 0.15) is 18.4 Å². The summed E-state index contributed by atoms with van der Waals surface area (Å²) >= 11 is 0. The molecule has 0 aromatic heterocycles. The Balaban J connectivity index is 1.46. The first-order valence-electron chi connectivity index (χ1n) is 10.2. The minimum Gasteiger partial charge on any atom is -0.496 e. The van der Waals surface area contributed by atoms with Crippen molar-refractivity contribution in [2.75, 3.05) is 26.8 Å². The van der Waals surface area contributed by atoms with Crippen LogP contribution in [-0.4, -0.2) is 51.4 Å². The van der Waals surface area contributed by atoms with Gasteiger partial charge in [0.2, 0.25) is 10.0 Å². The molecule has 1 aliphatic heterocycles. The Morgan fingerprint density at radius 2 is 1.79 bits per heavy atom. The van der Waals surface area contributed by atoms with Crippen LogP contribution in [0.5, 0.6) is 5.75 Å². The summed E-state index contributed by atoms with van der Waals surface area (Å²) < 4.78 is 63.2. The summed E-state index contributed by atoms with van der Waals surface area (Å²) in [4.78, 5) is 24.0. The second-order valence-electron chi connectivity index (χ2n) is 7.45. The quantitative estimate of drug-likeness (QED) is 0.579. The van der Waals surface area contributed by atoms with Gasteiger partial charge in [0.05, 0.1) is 17.9 Å². The predicted octanol–water partition coefficient (Wildman–Crippen LogP) is 2.23. The van der Waals surface area contributed by atoms with Crippen molar-refractivity contribution in [1.29, 1.82) is 0 Å². The first kappa shape index (κ1) is 24.6. The average Bonchev–Trinajstić information content (AvgIpc) is 2.83. The van der Waals surface area contributed by atoms with Crippen LogP contribution in [0.4, 0.5) is 8.78 Å². The number of para-hydroxylation sites is 1. The lowest BCUT2D eigenvalue weighted by atomic mass is 9.98. The van der Waals surface area contributed by atoms with E-state index in [2.05, 4.69) is 5.32 Å². The van der Waals surface area contributed by atoms with Crippen LogP contribution in [0.2, 0.25) is 0 Å². The van der Waals surface area contributed by atoms with Gasteiger partial charge in [0, 0.05) is 25.2 Å². The molecule has 2 aromatic rings. The number of nitrogens with zero attached hydrogens (tertiary/aromatic N) is 1. The maximum Gasteiger partial charge on any atom is 0.309 e. The molecule has 0 radical (unpaired) electrons. The van der Waals surface area contributed by atoms with Crippen LogP contribution in [0.25, 0.3) is 0 Å². The molecule has 0 unspecified atom stereocenters. The van der Waals surface area contributed by atoms with Crippen molar-refractivity contribution < 1.29 is 36.3 Å². The van der Waals surface area contributed by atoms with E-state index in [1.807, 2.05) is 6.07 Å². The van der Waals surface area contributed by atoms with Gasteiger partial charge in [-0.15, -0.1) is 0 Å². The summed E-state index contributed by atoms with van der Waals surface area (Å²) in [7, 11) is -2.49. The Morgan fingerprint density at radius 3 is 2.45 bits per heavy atom. The van der Waals surface area contributed by atoms with Crippen molar-refractivity contribution in [2.45, 2.75) is 24.3 Å². The number of hydrogen-bond donors (Lipinski definition) is 1. The van der Waals surface area contributed by atoms with Gasteiger partial charge in [-0.2, -0.15) is 4.31 Å². The van der Waals surface area contributed by atoms with Gasteiger partial charge >= 0.3 is 5.97 Å². The van der Waals surface area contributed by atoms with Gasteiger partial charge in [-0.1, -0.05) is 18.2 Å². The smallest absolute Gasteiger partial charge is 0.309 e. The number of methoxy groups -OCH3 is 1. The third-order valence-corrected chi connectivity index (χ3v) is 7.22. The highest BCUT2D eigenvalue weighted by Crippen LogP contribution is 2.25. The van der Waals surface area contributed by atoms with Crippen LogP contribution in [0, 0.1) is 17.6 Å². The largest absolute Gasteiger partial charge is 0.496 e. The van der Waals surface area contributed by atoms with Crippen molar-refractivity contribution in [3.05, 3.63) is 59.7 Å². The summed E-state index contributed by atoms with van der Waals surface area (Å²) in [6.07, 6.45) is 0.370. The van der Waals surface area contributed by atoms with Crippen molar-refractivity contribution in [1.82, 2.24) is 9.62 Å². The van der Waals surface area contributed by atoms with Gasteiger partial charge in [-0.25, -0.2) is 17.2 Å². The minimum absolute atomic E-state index is 0.0150. The van der Waals surface area contributed by atoms with Gasteiger partial charge in [0.1, 0.15) is 5.75 Å². The third-order valence-electron chi connectivity index (χ3n) is 5.33. The van der Waals surface area contributed by atoms with Crippen LogP contribution in [-0.2, 0) is 30.9 Å². The second-order valence-corrected chi connectivity index (χ2v) is 9.39. The number of piperidine rings is 1. The number of halogens is 2. The van der Waals surface area contributed by atoms with Crippen molar-refractivity contribution >= 4 is 21.9 Å². The summed E-state index contributed by atoms with van der Waals surface area (Å²) in [5, 5.41) is 2.64. The van der Waals surface area contributed by atoms with Crippen molar-refractivity contribution in [3.8, 4) is 5.75 Å². The maximum absolute atomic E-state index is 13.4. The van der Waals surface area contributed by atoms with E-state index in [1.54, 1.807) is 18.2 Å². The third kappa shape index (κ3) is 6.05. The molecule has 2 aromatic carbocycles. The fourth-order valence-electron chi connectivity index (χ4n) is 3.47. The number of esters is 1. The van der Waals surface area contributed by atoms with E-state index in [4.69, 9.17) is 9.47 Å². The fraction of sp³-hybridized carbons (Fsp3) is 0.364. The number of ether oxygens (including phenoxy) is 2. The minimum atomic E-state index is -4.02. The molecule has 0 aliphatic carbocycles. The highest BCUT2D eigenvalue weighted by atomic mass is 32.2. The predicted molar refractivity (Wildman–Crippen MR) is 114 cm³/mol. The molecule has 8 nitrogen and oxygen atoms in total. The van der Waals surface area contributed by atoms with E-state index < -0.39 is 46.1 Å². The zero-order valence-electron chi connectivity index (χ0n) is 17.9. The normalized spacial score (nSPS) is 15.1. The molecule has 0 atom stereocenters. The lowest BCUT2D eigenvalue weighted by Gasteiger charge is -2.30. The molecule has 11 heteroatoms. The fourth-order valence-corrected chi connectivity index (χ4v) is 4.95. The molecule has 1 aliphatic rings. The van der Waals surface area contributed by atoms with Gasteiger partial charge in [-0.05, 0) is 37.1 Å². The summed E-state index contributed by atoms with van der Waals surface area (Å²) in [5.41, 5.74) is 0.772. The van der Waals surface area contributed by atoms with Crippen LogP contribution in [0.15, 0.2) is 47.4 Å². The maximum atomic E-state index is 13.4. The Hall–Kier alpha value is -3.05. The Bertz CT molecular complexity index is 1120. The van der Waals surface area contributed by atoms with Gasteiger partial charge in [-0.3, -0.25) is 9.59 Å². The molecule has 1 heterocycles. The van der Waals surface area contributed by atoms with Crippen molar-refractivity contribution in [3.63, 3.8) is 0 Å². The number of rotatable bonds is 8. The molecule has 1 amide bonds. The Kier molecular flexibility index (Phi) is 7.98. The number of sulfonamides is 1. The Morgan fingerprint density at radius 1 is 1.09 bits per heavy atom. The highest BCUT2D eigenvalue weighted by molar-refractivity contribution is 7.89. The van der Waals surface area contributed by atoms with E-state index in [1.165, 1.54) is 7.11 Å². The number of carbonyl (C=O) groups is 2. The van der Waals surface area contributed by atoms with Crippen molar-refractivity contribution in [2.24, 2.45) is 5.92 Å². The molecule has 0 saturated carbocycles. The van der Waals surface area contributed by atoms with E-state index >= 15 is 0 Å². The summed E-state index contributed by atoms with van der Waals surface area (Å²) in [6.45, 7) is -0.218. The molecular weight excluding hydrogens is 458 g/mol. The number of hydrogen-bond acceptors (Lipinski definition) is 6. The first-order valence-corrected chi connectivity index (χ1v) is 11.7. The molecule has 1 N–H and O–H groups in total. The lowest BCUT2D eigenvalue weighted by Crippen LogP contribution is -2.41. The van der Waals surface area contributed by atoms with Gasteiger partial charge in [0.15, 0.2) is 18.2 Å². The van der Waals surface area contributed by atoms with E-state index in [0.717, 1.165) is 22.0 Å². The van der Waals surface area contributed by atoms with Crippen LogP contribution in [0.3, 0.4) is 0 Å². The SMILES string of the molecule is COc1ccccc1CNC(=O)COC(=O)C1CCN(S(=O)(=O)c2ccc(F)c(F)c2)CC1. The van der Waals surface area contributed by atoms with Gasteiger partial charge < -0.3 is 14.8 Å². The van der Waals surface area contributed by atoms with E-state index in [0.29, 0.717) is 11.8 Å². The first-order chi connectivity index (χ1) is 15.7. The monoisotopic (exact) mass is 482 g/mol. The molecule has 0 bridgehead atoms. The molecule has 3 rings (SSSR count). The molecular formula is C22H24F2N2O6S. The number of carbonyl (C=O) groups excluding carboxylic acids is 2. The Labute approximate surface area is 190 Å². The van der Waals surface area contributed by atoms with E-state index in [9.17, 15) is 26.8 Å². The summed E-state index contributed by atoms with van der Waals surface area (Å²) in [5.74, 6) is -3.40. The lowest BCUT2D eigenvalue weighted by molar-refractivity contribution is -0.153. The zero-order valence-corrected chi connectivity index (χ0v) is 18.7. The molecule has 33 heavy (non-hydrogen) atoms. The number of nitrogens with one attached hydrogen (secondary N) is 1. The van der Waals surface area contributed by atoms with Crippen LogP contribution < -0.4 is 10.1 Å². The number of benzene rings is 2. The standard InChI is InChI=1S/C22H24F2N2O6S/c1-31-20-5-3-2-4-16(20)13-25-21(27)14-32-22(28)15-8-10-26(11-9-15)33(29,30)17-6-7-18(23)19(24)12-17/h2-7,12,15H,8-11,13-14H2,1H3,(H,25,27). The molecule has 178 valence electrons. The topological polar surface area (TPSA) is 102 Å². The van der Waals surface area contributed by atoms with E-state index in [-0.39, 0.29) is 37.4 Å². The molecule has 0 spiro atoms. The summed E-state index contributed by atoms with van der Waals surface area (Å²) in [6, 6.07) is 9.56. The van der Waals surface area contributed by atoms with Crippen LogP contribution >= 0.6 is 0 Å². The molecule has 1 fully saturated rings. The highest BCUT2D eigenvalue weighted by Gasteiger charge is 2.33. The zero-order chi connectivity index (χ0) is 24.0. The second kappa shape index (κ2) is 10.7.